The van der Waals surface area contributed by atoms with Crippen LogP contribution in [0.4, 0.5) is 0 Å². The maximum absolute atomic E-state index is 13.1. The fourth-order valence-corrected chi connectivity index (χ4v) is 4.32. The Morgan fingerprint density at radius 1 is 1.17 bits per heavy atom. The summed E-state index contributed by atoms with van der Waals surface area (Å²) in [7, 11) is 0. The van der Waals surface area contributed by atoms with Gasteiger partial charge in [0.05, 0.1) is 10.6 Å². The van der Waals surface area contributed by atoms with Crippen molar-refractivity contribution >= 4 is 28.6 Å². The van der Waals surface area contributed by atoms with Gasteiger partial charge in [-0.1, -0.05) is 36.4 Å². The number of aromatic nitrogens is 1. The van der Waals surface area contributed by atoms with Gasteiger partial charge < -0.3 is 4.90 Å². The monoisotopic (exact) mass is 356 g/mol. The van der Waals surface area contributed by atoms with E-state index in [0.29, 0.717) is 6.54 Å². The SMILES string of the molecule is Cc1nc(-c2cccs2)sc1C(=O)N(Cc1ccccc1)C(C)C. The zero-order valence-corrected chi connectivity index (χ0v) is 15.7. The molecule has 0 unspecified atom stereocenters. The highest BCUT2D eigenvalue weighted by atomic mass is 32.1. The van der Waals surface area contributed by atoms with Gasteiger partial charge in [0.25, 0.3) is 5.91 Å². The zero-order chi connectivity index (χ0) is 17.1. The summed E-state index contributed by atoms with van der Waals surface area (Å²) in [6.45, 7) is 6.64. The second-order valence-electron chi connectivity index (χ2n) is 5.92. The number of rotatable bonds is 5. The third-order valence-electron chi connectivity index (χ3n) is 3.80. The molecule has 0 atom stereocenters. The zero-order valence-electron chi connectivity index (χ0n) is 14.0. The lowest BCUT2D eigenvalue weighted by molar-refractivity contribution is 0.0694. The van der Waals surface area contributed by atoms with E-state index in [-0.39, 0.29) is 11.9 Å². The lowest BCUT2D eigenvalue weighted by atomic mass is 10.2. The molecule has 0 fully saturated rings. The Morgan fingerprint density at radius 3 is 2.54 bits per heavy atom. The normalized spacial score (nSPS) is 11.0. The molecule has 0 saturated carbocycles. The molecular formula is C19H20N2OS2. The Kier molecular flexibility index (Phi) is 5.11. The van der Waals surface area contributed by atoms with Gasteiger partial charge in [0, 0.05) is 12.6 Å². The lowest BCUT2D eigenvalue weighted by Crippen LogP contribution is -2.36. The number of nitrogens with zero attached hydrogens (tertiary/aromatic N) is 2. The number of thiazole rings is 1. The van der Waals surface area contributed by atoms with Crippen LogP contribution in [0, 0.1) is 6.92 Å². The van der Waals surface area contributed by atoms with E-state index in [1.54, 1.807) is 11.3 Å². The molecule has 2 aromatic heterocycles. The second-order valence-corrected chi connectivity index (χ2v) is 7.87. The number of carbonyl (C=O) groups is 1. The van der Waals surface area contributed by atoms with Crippen molar-refractivity contribution in [2.24, 2.45) is 0 Å². The van der Waals surface area contributed by atoms with Gasteiger partial charge in [0.1, 0.15) is 9.88 Å². The summed E-state index contributed by atoms with van der Waals surface area (Å²) in [5.41, 5.74) is 1.95. The summed E-state index contributed by atoms with van der Waals surface area (Å²) in [5, 5.41) is 2.96. The summed E-state index contributed by atoms with van der Waals surface area (Å²) >= 11 is 3.14. The molecule has 3 nitrogen and oxygen atoms in total. The van der Waals surface area contributed by atoms with Crippen molar-refractivity contribution in [1.82, 2.24) is 9.88 Å². The molecule has 0 spiro atoms. The highest BCUT2D eigenvalue weighted by molar-refractivity contribution is 7.22. The largest absolute Gasteiger partial charge is 0.331 e. The van der Waals surface area contributed by atoms with Gasteiger partial charge in [0.15, 0.2) is 0 Å². The van der Waals surface area contributed by atoms with Crippen molar-refractivity contribution in [2.45, 2.75) is 33.4 Å². The van der Waals surface area contributed by atoms with Crippen molar-refractivity contribution in [1.29, 1.82) is 0 Å². The molecule has 5 heteroatoms. The maximum Gasteiger partial charge on any atom is 0.266 e. The van der Waals surface area contributed by atoms with Crippen molar-refractivity contribution < 1.29 is 4.79 Å². The first-order chi connectivity index (χ1) is 11.6. The van der Waals surface area contributed by atoms with Crippen LogP contribution < -0.4 is 0 Å². The first kappa shape index (κ1) is 16.9. The molecule has 0 aliphatic rings. The minimum absolute atomic E-state index is 0.0617. The van der Waals surface area contributed by atoms with E-state index in [2.05, 4.69) is 31.0 Å². The van der Waals surface area contributed by atoms with E-state index < -0.39 is 0 Å². The van der Waals surface area contributed by atoms with Gasteiger partial charge in [0.2, 0.25) is 0 Å². The molecule has 3 aromatic rings. The van der Waals surface area contributed by atoms with Crippen LogP contribution in [0.1, 0.15) is 34.8 Å². The Balaban J connectivity index is 1.88. The van der Waals surface area contributed by atoms with Crippen molar-refractivity contribution in [3.63, 3.8) is 0 Å². The van der Waals surface area contributed by atoms with E-state index in [1.807, 2.05) is 47.5 Å². The van der Waals surface area contributed by atoms with E-state index in [4.69, 9.17) is 0 Å². The predicted octanol–water partition coefficient (Wildman–Crippen LogP) is 5.23. The summed E-state index contributed by atoms with van der Waals surface area (Å²) in [6, 6.07) is 14.3. The van der Waals surface area contributed by atoms with E-state index >= 15 is 0 Å². The summed E-state index contributed by atoms with van der Waals surface area (Å²) in [5.74, 6) is 0.0617. The van der Waals surface area contributed by atoms with Crippen LogP contribution in [0.5, 0.6) is 0 Å². The topological polar surface area (TPSA) is 33.2 Å². The number of thiophene rings is 1. The highest BCUT2D eigenvalue weighted by Gasteiger charge is 2.24. The quantitative estimate of drug-likeness (QED) is 0.627. The van der Waals surface area contributed by atoms with Crippen LogP contribution in [0.15, 0.2) is 47.8 Å². The number of benzene rings is 1. The van der Waals surface area contributed by atoms with Crippen LogP contribution in [-0.4, -0.2) is 21.8 Å². The number of hydrogen-bond donors (Lipinski definition) is 0. The van der Waals surface area contributed by atoms with E-state index in [1.165, 1.54) is 11.3 Å². The number of hydrogen-bond acceptors (Lipinski definition) is 4. The average molecular weight is 357 g/mol. The summed E-state index contributed by atoms with van der Waals surface area (Å²) in [6.07, 6.45) is 0. The molecule has 0 N–H and O–H groups in total. The molecule has 0 aliphatic heterocycles. The van der Waals surface area contributed by atoms with Gasteiger partial charge in [-0.2, -0.15) is 0 Å². The Morgan fingerprint density at radius 2 is 1.92 bits per heavy atom. The molecule has 1 amide bonds. The average Bonchev–Trinajstić information content (AvgIpc) is 3.22. The maximum atomic E-state index is 13.1. The van der Waals surface area contributed by atoms with Gasteiger partial charge in [-0.15, -0.1) is 22.7 Å². The molecule has 1 aromatic carbocycles. The molecule has 0 aliphatic carbocycles. The molecule has 3 rings (SSSR count). The number of carbonyl (C=O) groups excluding carboxylic acids is 1. The highest BCUT2D eigenvalue weighted by Crippen LogP contribution is 2.32. The number of aryl methyl sites for hydroxylation is 1. The predicted molar refractivity (Wildman–Crippen MR) is 102 cm³/mol. The van der Waals surface area contributed by atoms with Crippen molar-refractivity contribution in [2.75, 3.05) is 0 Å². The first-order valence-corrected chi connectivity index (χ1v) is 9.62. The molecule has 2 heterocycles. The first-order valence-electron chi connectivity index (χ1n) is 7.92. The standard InChI is InChI=1S/C19H20N2OS2/c1-13(2)21(12-15-8-5-4-6-9-15)19(22)17-14(3)20-18(24-17)16-10-7-11-23-16/h4-11,13H,12H2,1-3H3. The molecule has 0 saturated heterocycles. The Labute approximate surface area is 150 Å². The fraction of sp³-hybridized carbons (Fsp3) is 0.263. The fourth-order valence-electron chi connectivity index (χ4n) is 2.50. The van der Waals surface area contributed by atoms with Gasteiger partial charge in [-0.25, -0.2) is 4.98 Å². The Bertz CT molecular complexity index is 807. The van der Waals surface area contributed by atoms with E-state index in [9.17, 15) is 4.79 Å². The van der Waals surface area contributed by atoms with Gasteiger partial charge in [-0.3, -0.25) is 4.79 Å². The van der Waals surface area contributed by atoms with Gasteiger partial charge >= 0.3 is 0 Å². The van der Waals surface area contributed by atoms with Gasteiger partial charge in [-0.05, 0) is 37.8 Å². The molecule has 0 radical (unpaired) electrons. The van der Waals surface area contributed by atoms with Crippen LogP contribution in [0.25, 0.3) is 9.88 Å². The molecular weight excluding hydrogens is 336 g/mol. The van der Waals surface area contributed by atoms with Crippen LogP contribution in [-0.2, 0) is 6.54 Å². The van der Waals surface area contributed by atoms with Crippen LogP contribution in [0.3, 0.4) is 0 Å². The summed E-state index contributed by atoms with van der Waals surface area (Å²) in [4.78, 5) is 21.5. The third kappa shape index (κ3) is 3.57. The minimum Gasteiger partial charge on any atom is -0.331 e. The van der Waals surface area contributed by atoms with Crippen molar-refractivity contribution in [3.05, 3.63) is 64.0 Å². The third-order valence-corrected chi connectivity index (χ3v) is 5.99. The number of amides is 1. The van der Waals surface area contributed by atoms with Crippen LogP contribution >= 0.6 is 22.7 Å². The summed E-state index contributed by atoms with van der Waals surface area (Å²) < 4.78 is 0. The van der Waals surface area contributed by atoms with Crippen molar-refractivity contribution in [3.8, 4) is 9.88 Å². The van der Waals surface area contributed by atoms with Crippen LogP contribution in [0.2, 0.25) is 0 Å². The minimum atomic E-state index is 0.0617. The van der Waals surface area contributed by atoms with E-state index in [0.717, 1.165) is 26.0 Å². The smallest absolute Gasteiger partial charge is 0.266 e. The Hall–Kier alpha value is -1.98. The molecule has 24 heavy (non-hydrogen) atoms. The second kappa shape index (κ2) is 7.28. The lowest BCUT2D eigenvalue weighted by Gasteiger charge is -2.26. The molecule has 0 bridgehead atoms. The molecule has 124 valence electrons.